The molecule has 3 N–H and O–H groups in total. The van der Waals surface area contributed by atoms with E-state index in [1.165, 1.54) is 0 Å². The molecule has 3 atom stereocenters. The van der Waals surface area contributed by atoms with Crippen molar-refractivity contribution in [3.63, 3.8) is 0 Å². The first kappa shape index (κ1) is 16.3. The second-order valence-electron chi connectivity index (χ2n) is 5.62. The van der Waals surface area contributed by atoms with Crippen molar-refractivity contribution in [3.05, 3.63) is 29.3 Å². The van der Waals surface area contributed by atoms with Crippen LogP contribution in [0.4, 0.5) is 0 Å². The fourth-order valence-corrected chi connectivity index (χ4v) is 3.21. The third-order valence-corrected chi connectivity index (χ3v) is 4.48. The number of hydrogen-bond acceptors (Lipinski definition) is 7. The molecular formula is C14H14ClN7O2S. The van der Waals surface area contributed by atoms with E-state index in [1.54, 1.807) is 10.7 Å². The molecule has 11 heteroatoms. The first-order valence-corrected chi connectivity index (χ1v) is 8.34. The van der Waals surface area contributed by atoms with E-state index in [-0.39, 0.29) is 17.3 Å². The molecular weight excluding hydrogens is 366 g/mol. The van der Waals surface area contributed by atoms with E-state index in [4.69, 9.17) is 39.0 Å². The van der Waals surface area contributed by atoms with Crippen LogP contribution in [0.1, 0.15) is 12.5 Å². The fourth-order valence-electron chi connectivity index (χ4n) is 2.94. The van der Waals surface area contributed by atoms with Gasteiger partial charge >= 0.3 is 0 Å². The van der Waals surface area contributed by atoms with Crippen LogP contribution in [0.5, 0.6) is 0 Å². The molecule has 2 fully saturated rings. The van der Waals surface area contributed by atoms with E-state index < -0.39 is 6.29 Å². The van der Waals surface area contributed by atoms with Crippen molar-refractivity contribution in [2.45, 2.75) is 24.9 Å². The normalized spacial score (nSPS) is 26.8. The standard InChI is InChI=1S/C14H14ClN7O2S/c15-8-4-2-1-3-7(8)12-18-20-21-22(12)10-5-9(17-19-14(16)25)13-23-6-11(10)24-13/h1-4,10-11,13H,5-6H2,(H3,16,19,25)/b17-9-/t10-,11-,13+/m1/s1. The molecule has 1 aromatic carbocycles. The lowest BCUT2D eigenvalue weighted by atomic mass is 10.0. The number of rotatable bonds is 3. The molecule has 2 aromatic rings. The van der Waals surface area contributed by atoms with Crippen molar-refractivity contribution in [1.29, 1.82) is 0 Å². The molecule has 0 aliphatic carbocycles. The molecule has 0 unspecified atom stereocenters. The van der Waals surface area contributed by atoms with Crippen LogP contribution in [0.2, 0.25) is 5.02 Å². The number of ether oxygens (including phenoxy) is 2. The minimum absolute atomic E-state index is 0.0725. The highest BCUT2D eigenvalue weighted by Gasteiger charge is 2.44. The molecule has 1 aromatic heterocycles. The zero-order valence-corrected chi connectivity index (χ0v) is 14.4. The highest BCUT2D eigenvalue weighted by Crippen LogP contribution is 2.36. The van der Waals surface area contributed by atoms with E-state index in [0.717, 1.165) is 5.56 Å². The van der Waals surface area contributed by atoms with Crippen molar-refractivity contribution >= 4 is 34.6 Å². The maximum absolute atomic E-state index is 6.29. The van der Waals surface area contributed by atoms with E-state index in [2.05, 4.69) is 26.1 Å². The molecule has 2 saturated heterocycles. The van der Waals surface area contributed by atoms with Gasteiger partial charge in [-0.25, -0.2) is 4.68 Å². The monoisotopic (exact) mass is 379 g/mol. The second-order valence-corrected chi connectivity index (χ2v) is 6.46. The Morgan fingerprint density at radius 3 is 3.08 bits per heavy atom. The number of hydrazone groups is 1. The van der Waals surface area contributed by atoms with Crippen molar-refractivity contribution in [1.82, 2.24) is 25.6 Å². The van der Waals surface area contributed by atoms with Gasteiger partial charge in [-0.15, -0.1) is 5.10 Å². The summed E-state index contributed by atoms with van der Waals surface area (Å²) in [5.41, 5.74) is 9.40. The molecule has 0 amide bonds. The lowest BCUT2D eigenvalue weighted by molar-refractivity contribution is -0.0320. The van der Waals surface area contributed by atoms with Gasteiger partial charge in [0, 0.05) is 12.0 Å². The van der Waals surface area contributed by atoms with Gasteiger partial charge < -0.3 is 15.2 Å². The van der Waals surface area contributed by atoms with Gasteiger partial charge in [0.15, 0.2) is 17.2 Å². The lowest BCUT2D eigenvalue weighted by Crippen LogP contribution is -2.39. The smallest absolute Gasteiger partial charge is 0.199 e. The lowest BCUT2D eigenvalue weighted by Gasteiger charge is -2.28. The van der Waals surface area contributed by atoms with Gasteiger partial charge in [-0.05, 0) is 34.8 Å². The fraction of sp³-hybridized carbons (Fsp3) is 0.357. The van der Waals surface area contributed by atoms with Crippen LogP contribution in [-0.2, 0) is 9.47 Å². The Morgan fingerprint density at radius 2 is 2.28 bits per heavy atom. The summed E-state index contributed by atoms with van der Waals surface area (Å²) in [7, 11) is 0. The molecule has 0 saturated carbocycles. The van der Waals surface area contributed by atoms with E-state index in [9.17, 15) is 0 Å². The molecule has 0 radical (unpaired) electrons. The largest absolute Gasteiger partial charge is 0.375 e. The number of benzene rings is 1. The van der Waals surface area contributed by atoms with Crippen LogP contribution in [0, 0.1) is 0 Å². The summed E-state index contributed by atoms with van der Waals surface area (Å²) < 4.78 is 13.2. The number of nitrogens with two attached hydrogens (primary N) is 1. The first-order chi connectivity index (χ1) is 12.1. The summed E-state index contributed by atoms with van der Waals surface area (Å²) >= 11 is 11.1. The van der Waals surface area contributed by atoms with Crippen LogP contribution in [0.25, 0.3) is 11.4 Å². The van der Waals surface area contributed by atoms with E-state index in [1.807, 2.05) is 18.2 Å². The number of halogens is 1. The third kappa shape index (κ3) is 3.09. The summed E-state index contributed by atoms with van der Waals surface area (Å²) in [6.07, 6.45) is -0.158. The maximum atomic E-state index is 6.29. The Bertz CT molecular complexity index is 842. The Kier molecular flexibility index (Phi) is 4.34. The van der Waals surface area contributed by atoms with Gasteiger partial charge in [-0.2, -0.15) is 5.10 Å². The zero-order chi connectivity index (χ0) is 17.4. The number of nitrogens with one attached hydrogen (secondary N) is 1. The number of fused-ring (bicyclic) bond motifs is 2. The molecule has 2 bridgehead atoms. The minimum atomic E-state index is -0.511. The average Bonchev–Trinajstić information content (AvgIpc) is 3.23. The first-order valence-electron chi connectivity index (χ1n) is 7.55. The van der Waals surface area contributed by atoms with E-state index >= 15 is 0 Å². The maximum Gasteiger partial charge on any atom is 0.199 e. The van der Waals surface area contributed by atoms with Crippen LogP contribution in [0.3, 0.4) is 0 Å². The summed E-state index contributed by atoms with van der Waals surface area (Å²) in [4.78, 5) is 0. The topological polar surface area (TPSA) is 112 Å². The molecule has 2 aliphatic heterocycles. The van der Waals surface area contributed by atoms with Crippen molar-refractivity contribution in [2.24, 2.45) is 10.8 Å². The summed E-state index contributed by atoms with van der Waals surface area (Å²) in [6, 6.07) is 7.20. The molecule has 130 valence electrons. The molecule has 2 aliphatic rings. The summed E-state index contributed by atoms with van der Waals surface area (Å²) in [5.74, 6) is 0.561. The predicted molar refractivity (Wildman–Crippen MR) is 93.9 cm³/mol. The van der Waals surface area contributed by atoms with Gasteiger partial charge in [0.05, 0.1) is 23.4 Å². The Labute approximate surface area is 153 Å². The predicted octanol–water partition coefficient (Wildman–Crippen LogP) is 0.869. The van der Waals surface area contributed by atoms with Crippen molar-refractivity contribution < 1.29 is 9.47 Å². The Balaban J connectivity index is 1.68. The molecule has 25 heavy (non-hydrogen) atoms. The van der Waals surface area contributed by atoms with Gasteiger partial charge in [-0.3, -0.25) is 5.43 Å². The van der Waals surface area contributed by atoms with E-state index in [0.29, 0.717) is 29.6 Å². The van der Waals surface area contributed by atoms with Crippen molar-refractivity contribution in [3.8, 4) is 11.4 Å². The highest BCUT2D eigenvalue weighted by molar-refractivity contribution is 7.80. The minimum Gasteiger partial charge on any atom is -0.375 e. The zero-order valence-electron chi connectivity index (χ0n) is 12.9. The number of nitrogens with zero attached hydrogens (tertiary/aromatic N) is 5. The number of tetrazole rings is 1. The van der Waals surface area contributed by atoms with Crippen LogP contribution in [0.15, 0.2) is 29.4 Å². The van der Waals surface area contributed by atoms with Gasteiger partial charge in [0.25, 0.3) is 0 Å². The molecule has 9 nitrogen and oxygen atoms in total. The Morgan fingerprint density at radius 1 is 1.44 bits per heavy atom. The number of aromatic nitrogens is 4. The van der Waals surface area contributed by atoms with Crippen LogP contribution >= 0.6 is 23.8 Å². The molecule has 4 rings (SSSR count). The quantitative estimate of drug-likeness (QED) is 0.596. The Hall–Kier alpha value is -2.14. The van der Waals surface area contributed by atoms with Gasteiger partial charge in [-0.1, -0.05) is 23.7 Å². The molecule has 0 spiro atoms. The summed E-state index contributed by atoms with van der Waals surface area (Å²) in [6.45, 7) is 0.420. The highest BCUT2D eigenvalue weighted by atomic mass is 35.5. The van der Waals surface area contributed by atoms with Crippen LogP contribution < -0.4 is 11.2 Å². The van der Waals surface area contributed by atoms with Gasteiger partial charge in [0.2, 0.25) is 0 Å². The SMILES string of the molecule is NC(=S)N/N=C1/C[C@@H](n2nnnc2-c2ccccc2Cl)[C@H]2CO[C@H]1O2. The number of hydrogen-bond donors (Lipinski definition) is 2. The summed E-state index contributed by atoms with van der Waals surface area (Å²) in [5, 5.41) is 16.9. The second kappa shape index (κ2) is 6.64. The third-order valence-electron chi connectivity index (χ3n) is 4.06. The van der Waals surface area contributed by atoms with Crippen LogP contribution in [-0.4, -0.2) is 50.0 Å². The number of thiocarbonyl (C=S) groups is 1. The molecule has 3 heterocycles. The van der Waals surface area contributed by atoms with Crippen molar-refractivity contribution in [2.75, 3.05) is 6.61 Å². The average molecular weight is 380 g/mol. The van der Waals surface area contributed by atoms with Gasteiger partial charge in [0.1, 0.15) is 6.10 Å².